The molecule has 1 N–H and O–H groups in total. The van der Waals surface area contributed by atoms with Crippen LogP contribution in [0.25, 0.3) is 10.2 Å². The number of thioether (sulfide) groups is 1. The number of carbonyl (C=O) groups is 1. The number of nitrogens with one attached hydrogen (secondary N) is 1. The molecule has 0 fully saturated rings. The van der Waals surface area contributed by atoms with E-state index < -0.39 is 4.92 Å². The van der Waals surface area contributed by atoms with E-state index in [9.17, 15) is 19.7 Å². The topological polar surface area (TPSA) is 119 Å². The molecule has 1 aliphatic heterocycles. The molecule has 0 unspecified atom stereocenters. The Kier molecular flexibility index (Phi) is 5.73. The Balaban J connectivity index is 1.55. The first-order valence-corrected chi connectivity index (χ1v) is 12.4. The van der Waals surface area contributed by atoms with Gasteiger partial charge < -0.3 is 5.32 Å². The molecule has 0 atom stereocenters. The second-order valence-corrected chi connectivity index (χ2v) is 10.1. The maximum absolute atomic E-state index is 13.4. The number of fused-ring (bicyclic) bond motifs is 2. The van der Waals surface area contributed by atoms with Crippen molar-refractivity contribution in [1.29, 1.82) is 0 Å². The first-order valence-electron chi connectivity index (χ1n) is 10.6. The summed E-state index contributed by atoms with van der Waals surface area (Å²) in [6, 6.07) is 11.9. The van der Waals surface area contributed by atoms with Crippen LogP contribution in [0.2, 0.25) is 0 Å². The first kappa shape index (κ1) is 22.9. The van der Waals surface area contributed by atoms with E-state index >= 15 is 0 Å². The highest BCUT2D eigenvalue weighted by atomic mass is 32.2. The highest BCUT2D eigenvalue weighted by Crippen LogP contribution is 2.32. The number of anilines is 1. The largest absolute Gasteiger partial charge is 0.321 e. The summed E-state index contributed by atoms with van der Waals surface area (Å²) in [6.07, 6.45) is 0. The molecule has 0 radical (unpaired) electrons. The highest BCUT2D eigenvalue weighted by molar-refractivity contribution is 7.99. The van der Waals surface area contributed by atoms with E-state index in [1.54, 1.807) is 19.1 Å². The Hall–Kier alpha value is -3.83. The second kappa shape index (κ2) is 8.75. The van der Waals surface area contributed by atoms with Crippen LogP contribution in [0.5, 0.6) is 0 Å². The van der Waals surface area contributed by atoms with Gasteiger partial charge in [0.05, 0.1) is 20.9 Å². The molecular weight excluding hydrogens is 486 g/mol. The zero-order chi connectivity index (χ0) is 24.9. The molecule has 0 saturated carbocycles. The minimum atomic E-state index is -0.468. The van der Waals surface area contributed by atoms with Gasteiger partial charge in [-0.1, -0.05) is 41.6 Å². The van der Waals surface area contributed by atoms with Crippen molar-refractivity contribution in [2.24, 2.45) is 5.10 Å². The molecule has 2 aromatic carbocycles. The van der Waals surface area contributed by atoms with Gasteiger partial charge in [0.2, 0.25) is 0 Å². The van der Waals surface area contributed by atoms with Gasteiger partial charge in [0, 0.05) is 29.1 Å². The van der Waals surface area contributed by atoms with Gasteiger partial charge in [-0.2, -0.15) is 9.78 Å². The zero-order valence-corrected chi connectivity index (χ0v) is 20.6. The fourth-order valence-electron chi connectivity index (χ4n) is 3.91. The van der Waals surface area contributed by atoms with Crippen molar-refractivity contribution in [1.82, 2.24) is 9.66 Å². The summed E-state index contributed by atoms with van der Waals surface area (Å²) in [5.74, 6) is 0.108. The van der Waals surface area contributed by atoms with E-state index in [1.807, 2.05) is 32.0 Å². The Morgan fingerprint density at radius 3 is 2.71 bits per heavy atom. The van der Waals surface area contributed by atoms with Crippen molar-refractivity contribution in [2.45, 2.75) is 25.9 Å². The summed E-state index contributed by atoms with van der Waals surface area (Å²) in [5, 5.41) is 19.3. The highest BCUT2D eigenvalue weighted by Gasteiger charge is 2.25. The van der Waals surface area contributed by atoms with Gasteiger partial charge in [0.25, 0.3) is 17.2 Å². The molecule has 0 bridgehead atoms. The number of nitrogens with zero attached hydrogens (tertiary/aromatic N) is 4. The monoisotopic (exact) mass is 505 g/mol. The number of aromatic nitrogens is 2. The van der Waals surface area contributed by atoms with Crippen LogP contribution in [-0.4, -0.2) is 32.0 Å². The van der Waals surface area contributed by atoms with Crippen molar-refractivity contribution in [3.05, 3.63) is 90.1 Å². The molecule has 1 aliphatic rings. The van der Waals surface area contributed by atoms with Gasteiger partial charge in [-0.15, -0.1) is 11.3 Å². The lowest BCUT2D eigenvalue weighted by molar-refractivity contribution is -0.384. The number of hydrogen-bond acceptors (Lipinski definition) is 8. The number of thiophene rings is 1. The Morgan fingerprint density at radius 1 is 1.17 bits per heavy atom. The van der Waals surface area contributed by atoms with Crippen LogP contribution in [0.3, 0.4) is 0 Å². The van der Waals surface area contributed by atoms with Crippen LogP contribution in [0, 0.1) is 30.9 Å². The predicted molar refractivity (Wildman–Crippen MR) is 138 cm³/mol. The number of hydrogen-bond donors (Lipinski definition) is 1. The number of benzene rings is 2. The normalized spacial score (nSPS) is 12.8. The van der Waals surface area contributed by atoms with Crippen molar-refractivity contribution < 1.29 is 9.72 Å². The molecule has 1 amide bonds. The molecular formula is C24H19N5O4S2. The minimum Gasteiger partial charge on any atom is -0.321 e. The smallest absolute Gasteiger partial charge is 0.283 e. The lowest BCUT2D eigenvalue weighted by Gasteiger charge is -2.15. The number of carbonyl (C=O) groups excluding carboxylic acids is 1. The van der Waals surface area contributed by atoms with Gasteiger partial charge in [-0.3, -0.25) is 19.7 Å². The van der Waals surface area contributed by atoms with Gasteiger partial charge >= 0.3 is 0 Å². The van der Waals surface area contributed by atoms with Crippen LogP contribution in [-0.2, 0) is 0 Å². The average molecular weight is 506 g/mol. The van der Waals surface area contributed by atoms with Crippen molar-refractivity contribution >= 4 is 56.3 Å². The van der Waals surface area contributed by atoms with E-state index in [2.05, 4.69) is 15.4 Å². The number of rotatable bonds is 4. The lowest BCUT2D eigenvalue weighted by atomic mass is 10.1. The molecule has 11 heteroatoms. The summed E-state index contributed by atoms with van der Waals surface area (Å²) in [6.45, 7) is 5.64. The van der Waals surface area contributed by atoms with Crippen LogP contribution < -0.4 is 10.9 Å². The van der Waals surface area contributed by atoms with Crippen LogP contribution in [0.4, 0.5) is 11.4 Å². The van der Waals surface area contributed by atoms with E-state index in [-0.39, 0.29) is 17.2 Å². The maximum Gasteiger partial charge on any atom is 0.283 e. The summed E-state index contributed by atoms with van der Waals surface area (Å²) < 4.78 is 1.22. The summed E-state index contributed by atoms with van der Waals surface area (Å²) >= 11 is 2.50. The molecule has 0 saturated heterocycles. The average Bonchev–Trinajstić information content (AvgIpc) is 3.17. The van der Waals surface area contributed by atoms with E-state index in [1.165, 1.54) is 39.9 Å². The van der Waals surface area contributed by atoms with E-state index in [0.29, 0.717) is 48.5 Å². The van der Waals surface area contributed by atoms with Crippen LogP contribution >= 0.6 is 23.1 Å². The first-order chi connectivity index (χ1) is 16.7. The van der Waals surface area contributed by atoms with Gasteiger partial charge in [0.15, 0.2) is 5.16 Å². The SMILES string of the molecule is Cc1ccc(NC(=O)c2sc3nc4n(c(=O)c3c2C)N=C(c2cccc([N+](=O)[O-])c2)CS4)c(C)c1. The van der Waals surface area contributed by atoms with Gasteiger partial charge in [-0.25, -0.2) is 4.98 Å². The molecule has 2 aromatic heterocycles. The third kappa shape index (κ3) is 4.13. The molecule has 4 aromatic rings. The Morgan fingerprint density at radius 2 is 1.97 bits per heavy atom. The third-order valence-corrected chi connectivity index (χ3v) is 7.82. The lowest BCUT2D eigenvalue weighted by Crippen LogP contribution is -2.25. The summed E-state index contributed by atoms with van der Waals surface area (Å²) in [4.78, 5) is 42.6. The van der Waals surface area contributed by atoms with Crippen LogP contribution in [0.1, 0.15) is 31.9 Å². The van der Waals surface area contributed by atoms with E-state index in [4.69, 9.17) is 0 Å². The van der Waals surface area contributed by atoms with Gasteiger partial charge in [-0.05, 0) is 38.0 Å². The molecule has 35 heavy (non-hydrogen) atoms. The molecule has 176 valence electrons. The maximum atomic E-state index is 13.4. The number of aryl methyl sites for hydroxylation is 3. The second-order valence-electron chi connectivity index (χ2n) is 8.16. The molecule has 3 heterocycles. The molecule has 0 aliphatic carbocycles. The van der Waals surface area contributed by atoms with Gasteiger partial charge in [0.1, 0.15) is 4.83 Å². The number of nitro benzene ring substituents is 1. The Labute approximate surface area is 207 Å². The summed E-state index contributed by atoms with van der Waals surface area (Å²) in [5.41, 5.74) is 3.99. The van der Waals surface area contributed by atoms with Crippen LogP contribution in [0.15, 0.2) is 57.5 Å². The predicted octanol–water partition coefficient (Wildman–Crippen LogP) is 4.90. The standard InChI is InChI=1S/C24H19N5O4S2/c1-12-7-8-17(13(2)9-12)25-21(30)20-14(3)19-22(35-20)26-24-28(23(19)31)27-18(11-34-24)15-5-4-6-16(10-15)29(32)33/h4-10H,11H2,1-3H3,(H,25,30). The molecule has 0 spiro atoms. The number of amides is 1. The fraction of sp³-hybridized carbons (Fsp3) is 0.167. The zero-order valence-electron chi connectivity index (χ0n) is 19.0. The van der Waals surface area contributed by atoms with E-state index in [0.717, 1.165) is 11.1 Å². The minimum absolute atomic E-state index is 0.0462. The molecule has 9 nitrogen and oxygen atoms in total. The number of non-ortho nitro benzene ring substituents is 1. The third-order valence-electron chi connectivity index (χ3n) is 5.70. The summed E-state index contributed by atoms with van der Waals surface area (Å²) in [7, 11) is 0. The van der Waals surface area contributed by atoms with Crippen molar-refractivity contribution in [3.63, 3.8) is 0 Å². The fourth-order valence-corrected chi connectivity index (χ4v) is 5.93. The van der Waals surface area contributed by atoms with Crippen molar-refractivity contribution in [3.8, 4) is 0 Å². The van der Waals surface area contributed by atoms with Crippen molar-refractivity contribution in [2.75, 3.05) is 11.1 Å². The Bertz CT molecular complexity index is 1640. The quantitative estimate of drug-likeness (QED) is 0.239. The molecule has 5 rings (SSSR count). The number of nitro groups is 1.